The second-order valence-corrected chi connectivity index (χ2v) is 5.82. The normalized spacial score (nSPS) is 10.3. The molecule has 2 aromatic carbocycles. The molecule has 0 heterocycles. The first-order chi connectivity index (χ1) is 11.0. The van der Waals surface area contributed by atoms with Gasteiger partial charge in [0, 0.05) is 36.1 Å². The Labute approximate surface area is 146 Å². The lowest BCUT2D eigenvalue weighted by Crippen LogP contribution is -2.21. The van der Waals surface area contributed by atoms with Crippen molar-refractivity contribution in [3.63, 3.8) is 0 Å². The van der Waals surface area contributed by atoms with E-state index in [0.29, 0.717) is 21.5 Å². The molecule has 2 aromatic rings. The highest BCUT2D eigenvalue weighted by Gasteiger charge is 2.08. The van der Waals surface area contributed by atoms with Crippen LogP contribution >= 0.6 is 23.2 Å². The minimum Gasteiger partial charge on any atom is -0.482 e. The summed E-state index contributed by atoms with van der Waals surface area (Å²) in [6.45, 7) is 2.80. The van der Waals surface area contributed by atoms with Gasteiger partial charge in [0.05, 0.1) is 5.02 Å². The number of hydrogen-bond donors (Lipinski definition) is 1. The van der Waals surface area contributed by atoms with Crippen molar-refractivity contribution in [2.24, 2.45) is 0 Å². The van der Waals surface area contributed by atoms with Gasteiger partial charge in [0.25, 0.3) is 5.91 Å². The van der Waals surface area contributed by atoms with Crippen molar-refractivity contribution >= 4 is 40.5 Å². The largest absolute Gasteiger partial charge is 0.482 e. The van der Waals surface area contributed by atoms with Crippen molar-refractivity contribution < 1.29 is 9.53 Å². The Morgan fingerprint density at radius 2 is 2.00 bits per heavy atom. The molecule has 0 fully saturated rings. The number of nitrogens with zero attached hydrogens (tertiary/aromatic N) is 1. The van der Waals surface area contributed by atoms with Gasteiger partial charge < -0.3 is 15.0 Å². The van der Waals surface area contributed by atoms with E-state index in [2.05, 4.69) is 17.1 Å². The molecule has 23 heavy (non-hydrogen) atoms. The molecule has 1 amide bonds. The maximum atomic E-state index is 12.0. The van der Waals surface area contributed by atoms with Crippen molar-refractivity contribution in [1.29, 1.82) is 0 Å². The first-order valence-corrected chi connectivity index (χ1v) is 7.94. The van der Waals surface area contributed by atoms with Crippen molar-refractivity contribution in [3.05, 3.63) is 52.5 Å². The highest BCUT2D eigenvalue weighted by molar-refractivity contribution is 6.34. The van der Waals surface area contributed by atoms with Crippen LogP contribution in [0, 0.1) is 0 Å². The van der Waals surface area contributed by atoms with E-state index >= 15 is 0 Å². The Bertz CT molecular complexity index is 692. The smallest absolute Gasteiger partial charge is 0.262 e. The molecular weight excluding hydrogens is 335 g/mol. The van der Waals surface area contributed by atoms with Crippen LogP contribution in [0.25, 0.3) is 0 Å². The van der Waals surface area contributed by atoms with Crippen LogP contribution in [0.3, 0.4) is 0 Å². The Morgan fingerprint density at radius 3 is 2.74 bits per heavy atom. The highest BCUT2D eigenvalue weighted by atomic mass is 35.5. The monoisotopic (exact) mass is 352 g/mol. The van der Waals surface area contributed by atoms with Crippen LogP contribution in [-0.4, -0.2) is 26.1 Å². The lowest BCUT2D eigenvalue weighted by molar-refractivity contribution is -0.118. The zero-order valence-electron chi connectivity index (χ0n) is 13.0. The summed E-state index contributed by atoms with van der Waals surface area (Å²) in [4.78, 5) is 14.1. The quantitative estimate of drug-likeness (QED) is 0.833. The molecule has 0 aliphatic carbocycles. The number of rotatable bonds is 6. The van der Waals surface area contributed by atoms with Gasteiger partial charge in [0.1, 0.15) is 5.75 Å². The molecule has 0 aliphatic rings. The standard InChI is InChI=1S/C17H18Cl2N2O2/c1-3-21(2)14-6-4-5-13(10-14)20-17(22)11-23-16-9-12(18)7-8-15(16)19/h4-10H,3,11H2,1-2H3,(H,20,22). The van der Waals surface area contributed by atoms with Gasteiger partial charge >= 0.3 is 0 Å². The van der Waals surface area contributed by atoms with E-state index in [9.17, 15) is 4.79 Å². The van der Waals surface area contributed by atoms with Crippen LogP contribution in [0.4, 0.5) is 11.4 Å². The molecule has 0 spiro atoms. The summed E-state index contributed by atoms with van der Waals surface area (Å²) in [7, 11) is 1.99. The van der Waals surface area contributed by atoms with Crippen molar-refractivity contribution in [2.45, 2.75) is 6.92 Å². The third-order valence-electron chi connectivity index (χ3n) is 3.30. The van der Waals surface area contributed by atoms with Gasteiger partial charge in [-0.1, -0.05) is 29.3 Å². The SMILES string of the molecule is CCN(C)c1cccc(NC(=O)COc2cc(Cl)ccc2Cl)c1. The maximum Gasteiger partial charge on any atom is 0.262 e. The maximum absolute atomic E-state index is 12.0. The number of benzene rings is 2. The van der Waals surface area contributed by atoms with Crippen LogP contribution in [0.15, 0.2) is 42.5 Å². The number of nitrogens with one attached hydrogen (secondary N) is 1. The molecule has 0 bridgehead atoms. The first-order valence-electron chi connectivity index (χ1n) is 7.18. The second-order valence-electron chi connectivity index (χ2n) is 4.98. The van der Waals surface area contributed by atoms with Crippen LogP contribution < -0.4 is 15.0 Å². The third kappa shape index (κ3) is 5.05. The second kappa shape index (κ2) is 8.09. The van der Waals surface area contributed by atoms with E-state index in [-0.39, 0.29) is 12.5 Å². The van der Waals surface area contributed by atoms with E-state index in [4.69, 9.17) is 27.9 Å². The first kappa shape index (κ1) is 17.4. The molecule has 0 aromatic heterocycles. The van der Waals surface area contributed by atoms with Crippen LogP contribution in [0.2, 0.25) is 10.0 Å². The molecule has 0 saturated heterocycles. The van der Waals surface area contributed by atoms with E-state index in [1.165, 1.54) is 0 Å². The zero-order valence-corrected chi connectivity index (χ0v) is 14.5. The third-order valence-corrected chi connectivity index (χ3v) is 3.84. The van der Waals surface area contributed by atoms with E-state index in [0.717, 1.165) is 12.2 Å². The molecule has 2 rings (SSSR count). The summed E-state index contributed by atoms with van der Waals surface area (Å²) >= 11 is 11.9. The topological polar surface area (TPSA) is 41.6 Å². The van der Waals surface area contributed by atoms with Crippen molar-refractivity contribution in [3.8, 4) is 5.75 Å². The number of carbonyl (C=O) groups excluding carboxylic acids is 1. The van der Waals surface area contributed by atoms with Crippen LogP contribution in [0.1, 0.15) is 6.92 Å². The van der Waals surface area contributed by atoms with Gasteiger partial charge in [-0.15, -0.1) is 0 Å². The van der Waals surface area contributed by atoms with Gasteiger partial charge in [-0.3, -0.25) is 4.79 Å². The van der Waals surface area contributed by atoms with Gasteiger partial charge in [-0.05, 0) is 37.3 Å². The Morgan fingerprint density at radius 1 is 1.22 bits per heavy atom. The number of amides is 1. The molecule has 4 nitrogen and oxygen atoms in total. The van der Waals surface area contributed by atoms with Crippen molar-refractivity contribution in [1.82, 2.24) is 0 Å². The molecule has 6 heteroatoms. The highest BCUT2D eigenvalue weighted by Crippen LogP contribution is 2.27. The lowest BCUT2D eigenvalue weighted by atomic mass is 10.2. The molecule has 0 saturated carbocycles. The summed E-state index contributed by atoms with van der Waals surface area (Å²) in [5, 5.41) is 3.71. The summed E-state index contributed by atoms with van der Waals surface area (Å²) < 4.78 is 5.41. The predicted octanol–water partition coefficient (Wildman–Crippen LogP) is 4.47. The molecule has 1 N–H and O–H groups in total. The van der Waals surface area contributed by atoms with E-state index < -0.39 is 0 Å². The fraction of sp³-hybridized carbons (Fsp3) is 0.235. The van der Waals surface area contributed by atoms with Gasteiger partial charge in [-0.25, -0.2) is 0 Å². The Balaban J connectivity index is 1.96. The minimum absolute atomic E-state index is 0.145. The zero-order chi connectivity index (χ0) is 16.8. The molecule has 0 aliphatic heterocycles. The average molecular weight is 353 g/mol. The number of anilines is 2. The number of halogens is 2. The Kier molecular flexibility index (Phi) is 6.13. The van der Waals surface area contributed by atoms with Gasteiger partial charge in [0.2, 0.25) is 0 Å². The minimum atomic E-state index is -0.266. The fourth-order valence-electron chi connectivity index (χ4n) is 1.93. The average Bonchev–Trinajstić information content (AvgIpc) is 2.55. The number of hydrogen-bond acceptors (Lipinski definition) is 3. The lowest BCUT2D eigenvalue weighted by Gasteiger charge is -2.17. The number of ether oxygens (including phenoxy) is 1. The molecule has 122 valence electrons. The fourth-order valence-corrected chi connectivity index (χ4v) is 2.27. The molecule has 0 atom stereocenters. The molecular formula is C17H18Cl2N2O2. The summed E-state index contributed by atoms with van der Waals surface area (Å²) in [5.74, 6) is 0.117. The summed E-state index contributed by atoms with van der Waals surface area (Å²) in [6, 6.07) is 12.5. The number of carbonyl (C=O) groups is 1. The van der Waals surface area contributed by atoms with Crippen molar-refractivity contribution in [2.75, 3.05) is 30.4 Å². The van der Waals surface area contributed by atoms with E-state index in [1.54, 1.807) is 18.2 Å². The van der Waals surface area contributed by atoms with E-state index in [1.807, 2.05) is 31.3 Å². The molecule has 0 radical (unpaired) electrons. The van der Waals surface area contributed by atoms with Crippen LogP contribution in [-0.2, 0) is 4.79 Å². The Hall–Kier alpha value is -1.91. The summed E-state index contributed by atoms with van der Waals surface area (Å²) in [5.41, 5.74) is 1.75. The van der Waals surface area contributed by atoms with Gasteiger partial charge in [0.15, 0.2) is 6.61 Å². The molecule has 0 unspecified atom stereocenters. The van der Waals surface area contributed by atoms with Crippen LogP contribution in [0.5, 0.6) is 5.75 Å². The summed E-state index contributed by atoms with van der Waals surface area (Å²) in [6.07, 6.45) is 0. The van der Waals surface area contributed by atoms with Gasteiger partial charge in [-0.2, -0.15) is 0 Å². The predicted molar refractivity (Wildman–Crippen MR) is 96.0 cm³/mol.